The number of halogens is 1. The minimum Gasteiger partial charge on any atom is -0.497 e. The Morgan fingerprint density at radius 1 is 1.17 bits per heavy atom. The summed E-state index contributed by atoms with van der Waals surface area (Å²) in [4.78, 5) is 8.82. The van der Waals surface area contributed by atoms with E-state index in [2.05, 4.69) is 15.1 Å². The van der Waals surface area contributed by atoms with Gasteiger partial charge in [0.1, 0.15) is 17.7 Å². The number of imidazole rings is 1. The minimum atomic E-state index is -0.355. The van der Waals surface area contributed by atoms with E-state index in [-0.39, 0.29) is 17.8 Å². The van der Waals surface area contributed by atoms with Gasteiger partial charge >= 0.3 is 0 Å². The van der Waals surface area contributed by atoms with Gasteiger partial charge in [0.25, 0.3) is 5.89 Å². The zero-order valence-corrected chi connectivity index (χ0v) is 15.6. The van der Waals surface area contributed by atoms with Crippen LogP contribution in [0.15, 0.2) is 59.4 Å². The zero-order valence-electron chi connectivity index (χ0n) is 15.6. The Balaban J connectivity index is 1.39. The summed E-state index contributed by atoms with van der Waals surface area (Å²) in [5.74, 6) is 1.05. The molecule has 0 aliphatic carbocycles. The summed E-state index contributed by atoms with van der Waals surface area (Å²) in [5.41, 5.74) is 3.05. The number of fused-ring (bicyclic) bond motifs is 1. The van der Waals surface area contributed by atoms with E-state index in [1.807, 2.05) is 28.8 Å². The number of methoxy groups -OCH3 is 1. The third-order valence-corrected chi connectivity index (χ3v) is 4.93. The molecule has 0 amide bonds. The Kier molecular flexibility index (Phi) is 4.33. The quantitative estimate of drug-likeness (QED) is 0.522. The van der Waals surface area contributed by atoms with Crippen molar-refractivity contribution in [1.82, 2.24) is 19.7 Å². The number of nitrogens with zero attached hydrogens (tertiary/aromatic N) is 4. The van der Waals surface area contributed by atoms with E-state index in [1.165, 1.54) is 12.1 Å². The van der Waals surface area contributed by atoms with E-state index in [9.17, 15) is 4.39 Å². The SMILES string of the molecule is COc1ccc([C@@H]2Cn3cnc(-c4nc(-c5cccc(F)c5)no4)c3CO2)cc1. The Hall–Kier alpha value is -3.52. The molecule has 5 rings (SSSR count). The number of ether oxygens (including phenoxy) is 2. The molecule has 0 unspecified atom stereocenters. The lowest BCUT2D eigenvalue weighted by atomic mass is 10.1. The summed E-state index contributed by atoms with van der Waals surface area (Å²) in [7, 11) is 1.64. The molecule has 8 heteroatoms. The number of hydrogen-bond donors (Lipinski definition) is 0. The molecule has 1 atom stereocenters. The fourth-order valence-corrected chi connectivity index (χ4v) is 3.39. The number of aromatic nitrogens is 4. The van der Waals surface area contributed by atoms with E-state index < -0.39 is 0 Å². The Morgan fingerprint density at radius 3 is 2.83 bits per heavy atom. The number of rotatable bonds is 4. The van der Waals surface area contributed by atoms with Gasteiger partial charge < -0.3 is 18.6 Å². The van der Waals surface area contributed by atoms with Crippen LogP contribution in [0.25, 0.3) is 23.0 Å². The van der Waals surface area contributed by atoms with Gasteiger partial charge in [0.15, 0.2) is 5.69 Å². The predicted molar refractivity (Wildman–Crippen MR) is 101 cm³/mol. The lowest BCUT2D eigenvalue weighted by molar-refractivity contribution is 0.00328. The lowest BCUT2D eigenvalue weighted by Crippen LogP contribution is -2.20. The molecule has 7 nitrogen and oxygen atoms in total. The summed E-state index contributed by atoms with van der Waals surface area (Å²) in [6.07, 6.45) is 1.66. The van der Waals surface area contributed by atoms with Crippen LogP contribution >= 0.6 is 0 Å². The van der Waals surface area contributed by atoms with Gasteiger partial charge in [-0.05, 0) is 29.8 Å². The van der Waals surface area contributed by atoms with Gasteiger partial charge in [-0.2, -0.15) is 4.98 Å². The van der Waals surface area contributed by atoms with Crippen LogP contribution in [0, 0.1) is 5.82 Å². The van der Waals surface area contributed by atoms with Gasteiger partial charge in [-0.15, -0.1) is 0 Å². The van der Waals surface area contributed by atoms with Crippen LogP contribution in [0.2, 0.25) is 0 Å². The van der Waals surface area contributed by atoms with Crippen LogP contribution in [0.4, 0.5) is 4.39 Å². The highest BCUT2D eigenvalue weighted by Crippen LogP contribution is 2.32. The Morgan fingerprint density at radius 2 is 2.03 bits per heavy atom. The van der Waals surface area contributed by atoms with Crippen molar-refractivity contribution in [2.45, 2.75) is 19.3 Å². The van der Waals surface area contributed by atoms with Crippen molar-refractivity contribution < 1.29 is 18.4 Å². The Bertz CT molecular complexity index is 1150. The molecule has 0 bridgehead atoms. The molecule has 1 aliphatic rings. The molecule has 4 aromatic rings. The smallest absolute Gasteiger partial charge is 0.278 e. The third-order valence-electron chi connectivity index (χ3n) is 4.93. The van der Waals surface area contributed by atoms with Crippen LogP contribution < -0.4 is 4.74 Å². The van der Waals surface area contributed by atoms with Crippen molar-refractivity contribution >= 4 is 0 Å². The van der Waals surface area contributed by atoms with Gasteiger partial charge in [0.2, 0.25) is 5.82 Å². The van der Waals surface area contributed by atoms with Crippen LogP contribution in [0.5, 0.6) is 5.75 Å². The average molecular weight is 392 g/mol. The molecule has 1 aliphatic heterocycles. The van der Waals surface area contributed by atoms with Gasteiger partial charge in [-0.3, -0.25) is 0 Å². The molecule has 2 aromatic heterocycles. The standard InChI is InChI=1S/C21H17FN4O3/c1-27-16-7-5-13(6-8-16)18-10-26-12-23-19(17(26)11-28-18)21-24-20(25-29-21)14-3-2-4-15(22)9-14/h2-9,12,18H,10-11H2,1H3/t18-/m0/s1. The molecule has 0 fully saturated rings. The second kappa shape index (κ2) is 7.14. The molecular formula is C21H17FN4O3. The van der Waals surface area contributed by atoms with Crippen LogP contribution in [-0.2, 0) is 17.9 Å². The molecule has 0 saturated carbocycles. The van der Waals surface area contributed by atoms with E-state index in [1.54, 1.807) is 25.6 Å². The van der Waals surface area contributed by atoms with Crippen molar-refractivity contribution in [2.24, 2.45) is 0 Å². The molecule has 29 heavy (non-hydrogen) atoms. The first-order valence-electron chi connectivity index (χ1n) is 9.11. The molecule has 3 heterocycles. The summed E-state index contributed by atoms with van der Waals surface area (Å²) in [6, 6.07) is 13.9. The lowest BCUT2D eigenvalue weighted by Gasteiger charge is -2.25. The van der Waals surface area contributed by atoms with E-state index in [0.29, 0.717) is 30.2 Å². The maximum Gasteiger partial charge on any atom is 0.278 e. The van der Waals surface area contributed by atoms with Crippen molar-refractivity contribution in [3.05, 3.63) is 71.9 Å². The summed E-state index contributed by atoms with van der Waals surface area (Å²) in [5, 5.41) is 3.96. The topological polar surface area (TPSA) is 75.2 Å². The maximum atomic E-state index is 13.5. The second-order valence-corrected chi connectivity index (χ2v) is 6.70. The molecule has 0 spiro atoms. The molecule has 0 saturated heterocycles. The average Bonchev–Trinajstić information content (AvgIpc) is 3.40. The number of hydrogen-bond acceptors (Lipinski definition) is 6. The first-order valence-corrected chi connectivity index (χ1v) is 9.11. The highest BCUT2D eigenvalue weighted by Gasteiger charge is 2.26. The molecule has 0 radical (unpaired) electrons. The first kappa shape index (κ1) is 17.6. The van der Waals surface area contributed by atoms with E-state index in [4.69, 9.17) is 14.0 Å². The van der Waals surface area contributed by atoms with Gasteiger partial charge in [-0.1, -0.05) is 29.4 Å². The molecule has 0 N–H and O–H groups in total. The summed E-state index contributed by atoms with van der Waals surface area (Å²) >= 11 is 0. The number of benzene rings is 2. The predicted octanol–water partition coefficient (Wildman–Crippen LogP) is 4.02. The van der Waals surface area contributed by atoms with Crippen LogP contribution in [0.3, 0.4) is 0 Å². The summed E-state index contributed by atoms with van der Waals surface area (Å²) in [6.45, 7) is 0.989. The molecule has 146 valence electrons. The van der Waals surface area contributed by atoms with Crippen molar-refractivity contribution in [3.63, 3.8) is 0 Å². The van der Waals surface area contributed by atoms with Crippen molar-refractivity contribution in [1.29, 1.82) is 0 Å². The van der Waals surface area contributed by atoms with E-state index >= 15 is 0 Å². The summed E-state index contributed by atoms with van der Waals surface area (Å²) < 4.78 is 32.1. The van der Waals surface area contributed by atoms with Crippen molar-refractivity contribution in [2.75, 3.05) is 7.11 Å². The van der Waals surface area contributed by atoms with Gasteiger partial charge in [0.05, 0.1) is 32.3 Å². The molecule has 2 aromatic carbocycles. The first-order chi connectivity index (χ1) is 14.2. The largest absolute Gasteiger partial charge is 0.497 e. The van der Waals surface area contributed by atoms with Gasteiger partial charge in [0, 0.05) is 5.56 Å². The fraction of sp³-hybridized carbons (Fsp3) is 0.190. The zero-order chi connectivity index (χ0) is 19.8. The minimum absolute atomic E-state index is 0.0824. The third kappa shape index (κ3) is 3.27. The highest BCUT2D eigenvalue weighted by molar-refractivity contribution is 5.59. The van der Waals surface area contributed by atoms with Crippen LogP contribution in [-0.4, -0.2) is 26.8 Å². The van der Waals surface area contributed by atoms with Crippen molar-refractivity contribution in [3.8, 4) is 28.7 Å². The monoisotopic (exact) mass is 392 g/mol. The highest BCUT2D eigenvalue weighted by atomic mass is 19.1. The normalized spacial score (nSPS) is 15.9. The van der Waals surface area contributed by atoms with Crippen LogP contribution in [0.1, 0.15) is 17.4 Å². The van der Waals surface area contributed by atoms with E-state index in [0.717, 1.165) is 17.0 Å². The maximum absolute atomic E-state index is 13.5. The fourth-order valence-electron chi connectivity index (χ4n) is 3.39. The second-order valence-electron chi connectivity index (χ2n) is 6.70. The molecular weight excluding hydrogens is 375 g/mol. The van der Waals surface area contributed by atoms with Gasteiger partial charge in [-0.25, -0.2) is 9.37 Å². The Labute approximate surface area is 165 Å².